The number of nitrogens with zero attached hydrogens (tertiary/aromatic N) is 2. The lowest BCUT2D eigenvalue weighted by atomic mass is 9.94. The molecule has 1 aromatic heterocycles. The number of likely N-dealkylation sites (N-methyl/N-ethyl adjacent to an activating group) is 1. The van der Waals surface area contributed by atoms with Gasteiger partial charge in [0.05, 0.1) is 11.0 Å². The summed E-state index contributed by atoms with van der Waals surface area (Å²) in [4.78, 5) is 30.2. The minimum Gasteiger partial charge on any atom is -0.334 e. The molecule has 0 atom stereocenters. The highest BCUT2D eigenvalue weighted by Crippen LogP contribution is 2.22. The fourth-order valence-electron chi connectivity index (χ4n) is 4.07. The van der Waals surface area contributed by atoms with Gasteiger partial charge in [0, 0.05) is 19.1 Å². The van der Waals surface area contributed by atoms with Crippen molar-refractivity contribution in [3.05, 3.63) is 58.6 Å². The number of allylic oxidation sites excluding steroid dienone is 2. The third kappa shape index (κ3) is 5.26. The van der Waals surface area contributed by atoms with Crippen LogP contribution in [0.3, 0.4) is 0 Å². The summed E-state index contributed by atoms with van der Waals surface area (Å²) in [5.41, 5.74) is 2.97. The number of amides is 1. The monoisotopic (exact) mass is 396 g/mol. The molecule has 1 aromatic carbocycles. The third-order valence-electron chi connectivity index (χ3n) is 5.82. The molecule has 6 nitrogen and oxygen atoms in total. The number of aromatic amines is 1. The van der Waals surface area contributed by atoms with E-state index < -0.39 is 11.7 Å². The van der Waals surface area contributed by atoms with Crippen molar-refractivity contribution in [2.24, 2.45) is 0 Å². The summed E-state index contributed by atoms with van der Waals surface area (Å²) in [6.07, 6.45) is 11.0. The van der Waals surface area contributed by atoms with E-state index in [0.717, 1.165) is 24.1 Å². The van der Waals surface area contributed by atoms with Crippen molar-refractivity contribution in [2.75, 3.05) is 20.1 Å². The Bertz CT molecular complexity index is 947. The topological polar surface area (TPSA) is 70.1 Å². The zero-order valence-electron chi connectivity index (χ0n) is 17.5. The predicted octanol–water partition coefficient (Wildman–Crippen LogP) is 3.83. The molecule has 156 valence electrons. The van der Waals surface area contributed by atoms with Gasteiger partial charge in [0.25, 0.3) is 0 Å². The zero-order valence-corrected chi connectivity index (χ0v) is 17.5. The standard InChI is InChI=1S/C23H32N4O2/c1-4-8-17(2)16-24-22(28)27-21-15-18(11-12-20(21)25-23(27)29)13-14-26(3)19-9-6-5-7-10-19/h4,8,11-12,15,19H,1,5-7,9-10,13-14,16H2,2-3H3,(H,24,28)(H,25,29)/b17-8+. The first-order valence-corrected chi connectivity index (χ1v) is 10.5. The van der Waals surface area contributed by atoms with Crippen molar-refractivity contribution in [1.29, 1.82) is 0 Å². The van der Waals surface area contributed by atoms with Crippen LogP contribution in [0.25, 0.3) is 11.0 Å². The summed E-state index contributed by atoms with van der Waals surface area (Å²) in [6, 6.07) is 6.13. The van der Waals surface area contributed by atoms with Crippen molar-refractivity contribution >= 4 is 17.1 Å². The van der Waals surface area contributed by atoms with Gasteiger partial charge in [0.1, 0.15) is 0 Å². The third-order valence-corrected chi connectivity index (χ3v) is 5.82. The largest absolute Gasteiger partial charge is 0.334 e. The first-order valence-electron chi connectivity index (χ1n) is 10.5. The molecule has 1 aliphatic rings. The molecule has 1 aliphatic carbocycles. The number of carbonyl (C=O) groups is 1. The van der Waals surface area contributed by atoms with Crippen LogP contribution in [-0.2, 0) is 6.42 Å². The number of H-pyrrole nitrogens is 1. The van der Waals surface area contributed by atoms with Gasteiger partial charge in [0.15, 0.2) is 0 Å². The molecule has 2 aromatic rings. The van der Waals surface area contributed by atoms with Gasteiger partial charge in [-0.1, -0.05) is 49.6 Å². The van der Waals surface area contributed by atoms with Crippen molar-refractivity contribution in [1.82, 2.24) is 19.8 Å². The molecular weight excluding hydrogens is 364 g/mol. The molecule has 0 spiro atoms. The fourth-order valence-corrected chi connectivity index (χ4v) is 4.07. The summed E-state index contributed by atoms with van der Waals surface area (Å²) in [7, 11) is 2.20. The summed E-state index contributed by atoms with van der Waals surface area (Å²) < 4.78 is 1.19. The molecule has 1 amide bonds. The predicted molar refractivity (Wildman–Crippen MR) is 119 cm³/mol. The van der Waals surface area contributed by atoms with Gasteiger partial charge < -0.3 is 15.2 Å². The van der Waals surface area contributed by atoms with Crippen molar-refractivity contribution < 1.29 is 4.79 Å². The molecular formula is C23H32N4O2. The van der Waals surface area contributed by atoms with Gasteiger partial charge in [0.2, 0.25) is 0 Å². The van der Waals surface area contributed by atoms with Crippen LogP contribution >= 0.6 is 0 Å². The summed E-state index contributed by atoms with van der Waals surface area (Å²) in [5.74, 6) is 0. The maximum Gasteiger partial charge on any atom is 0.334 e. The number of benzene rings is 1. The molecule has 2 N–H and O–H groups in total. The fraction of sp³-hybridized carbons (Fsp3) is 0.478. The van der Waals surface area contributed by atoms with E-state index >= 15 is 0 Å². The van der Waals surface area contributed by atoms with E-state index in [2.05, 4.69) is 28.8 Å². The molecule has 29 heavy (non-hydrogen) atoms. The highest BCUT2D eigenvalue weighted by molar-refractivity contribution is 5.89. The lowest BCUT2D eigenvalue weighted by Gasteiger charge is -2.31. The van der Waals surface area contributed by atoms with Crippen LogP contribution in [0.4, 0.5) is 4.79 Å². The van der Waals surface area contributed by atoms with E-state index in [1.807, 2.05) is 31.2 Å². The van der Waals surface area contributed by atoms with Gasteiger partial charge in [-0.05, 0) is 50.9 Å². The van der Waals surface area contributed by atoms with Crippen LogP contribution in [0.5, 0.6) is 0 Å². The summed E-state index contributed by atoms with van der Waals surface area (Å²) in [6.45, 7) is 6.90. The average Bonchev–Trinajstić information content (AvgIpc) is 3.06. The maximum absolute atomic E-state index is 12.6. The molecule has 3 rings (SSSR count). The second-order valence-electron chi connectivity index (χ2n) is 8.05. The van der Waals surface area contributed by atoms with E-state index in [4.69, 9.17) is 0 Å². The van der Waals surface area contributed by atoms with Gasteiger partial charge in [-0.15, -0.1) is 0 Å². The minimum atomic E-state index is -0.422. The Hall–Kier alpha value is -2.60. The lowest BCUT2D eigenvalue weighted by Crippen LogP contribution is -2.35. The Kier molecular flexibility index (Phi) is 7.09. The number of fused-ring (bicyclic) bond motifs is 1. The molecule has 1 fully saturated rings. The zero-order chi connectivity index (χ0) is 20.8. The van der Waals surface area contributed by atoms with Gasteiger partial charge in [-0.25, -0.2) is 14.2 Å². The van der Waals surface area contributed by atoms with Crippen LogP contribution in [0, 0.1) is 0 Å². The molecule has 0 saturated heterocycles. The Morgan fingerprint density at radius 3 is 2.83 bits per heavy atom. The molecule has 1 saturated carbocycles. The summed E-state index contributed by atoms with van der Waals surface area (Å²) >= 11 is 0. The first-order chi connectivity index (χ1) is 14.0. The van der Waals surface area contributed by atoms with E-state index in [0.29, 0.717) is 23.6 Å². The van der Waals surface area contributed by atoms with Crippen molar-refractivity contribution in [3.63, 3.8) is 0 Å². The van der Waals surface area contributed by atoms with Crippen molar-refractivity contribution in [2.45, 2.75) is 51.5 Å². The highest BCUT2D eigenvalue weighted by atomic mass is 16.2. The average molecular weight is 397 g/mol. The van der Waals surface area contributed by atoms with Crippen LogP contribution in [-0.4, -0.2) is 46.7 Å². The molecule has 0 radical (unpaired) electrons. The Labute approximate surface area is 172 Å². The lowest BCUT2D eigenvalue weighted by molar-refractivity contribution is 0.194. The number of carbonyl (C=O) groups excluding carboxylic acids is 1. The number of imidazole rings is 1. The van der Waals surface area contributed by atoms with Crippen LogP contribution in [0.15, 0.2) is 47.3 Å². The van der Waals surface area contributed by atoms with Crippen LogP contribution in [0.1, 0.15) is 44.6 Å². The highest BCUT2D eigenvalue weighted by Gasteiger charge is 2.18. The molecule has 1 heterocycles. The molecule has 0 aliphatic heterocycles. The van der Waals surface area contributed by atoms with E-state index in [-0.39, 0.29) is 0 Å². The van der Waals surface area contributed by atoms with E-state index in [1.165, 1.54) is 36.7 Å². The SMILES string of the molecule is C=C/C=C(\C)CNC(=O)n1c(=O)[nH]c2ccc(CCN(C)C3CCCCC3)cc21. The molecule has 0 bridgehead atoms. The summed E-state index contributed by atoms with van der Waals surface area (Å²) in [5, 5.41) is 2.80. The molecule has 0 unspecified atom stereocenters. The Morgan fingerprint density at radius 1 is 1.34 bits per heavy atom. The second kappa shape index (κ2) is 9.74. The van der Waals surface area contributed by atoms with Gasteiger partial charge in [-0.3, -0.25) is 0 Å². The quantitative estimate of drug-likeness (QED) is 0.699. The van der Waals surface area contributed by atoms with Crippen LogP contribution < -0.4 is 11.0 Å². The minimum absolute atomic E-state index is 0.371. The van der Waals surface area contributed by atoms with Gasteiger partial charge >= 0.3 is 11.7 Å². The second-order valence-corrected chi connectivity index (χ2v) is 8.05. The number of hydrogen-bond donors (Lipinski definition) is 2. The van der Waals surface area contributed by atoms with Crippen molar-refractivity contribution in [3.8, 4) is 0 Å². The Balaban J connectivity index is 1.72. The normalized spacial score (nSPS) is 15.8. The number of rotatable bonds is 7. The number of nitrogens with one attached hydrogen (secondary N) is 2. The smallest absolute Gasteiger partial charge is 0.334 e. The van der Waals surface area contributed by atoms with Crippen LogP contribution in [0.2, 0.25) is 0 Å². The number of aromatic nitrogens is 2. The maximum atomic E-state index is 12.6. The van der Waals surface area contributed by atoms with E-state index in [9.17, 15) is 9.59 Å². The first kappa shape index (κ1) is 21.1. The van der Waals surface area contributed by atoms with E-state index in [1.54, 1.807) is 6.08 Å². The van der Waals surface area contributed by atoms with Gasteiger partial charge in [-0.2, -0.15) is 0 Å². The molecule has 6 heteroatoms. The number of hydrogen-bond acceptors (Lipinski definition) is 3. The Morgan fingerprint density at radius 2 is 2.10 bits per heavy atom.